The fourth-order valence-corrected chi connectivity index (χ4v) is 3.13. The highest BCUT2D eigenvalue weighted by Crippen LogP contribution is 2.31. The molecule has 5 nitrogen and oxygen atoms in total. The molecule has 1 fully saturated rings. The van der Waals surface area contributed by atoms with Gasteiger partial charge in [0.15, 0.2) is 0 Å². The van der Waals surface area contributed by atoms with E-state index in [9.17, 15) is 9.59 Å². The molecule has 0 bridgehead atoms. The van der Waals surface area contributed by atoms with Crippen LogP contribution in [-0.2, 0) is 16.1 Å². The Hall–Kier alpha value is -2.95. The summed E-state index contributed by atoms with van der Waals surface area (Å²) in [5, 5.41) is 2.76. The minimum atomic E-state index is -0.0631. The van der Waals surface area contributed by atoms with E-state index in [0.717, 1.165) is 36.2 Å². The number of likely N-dealkylation sites (tertiary alicyclic amines) is 1. The van der Waals surface area contributed by atoms with Gasteiger partial charge in [-0.15, -0.1) is 0 Å². The van der Waals surface area contributed by atoms with Gasteiger partial charge in [-0.2, -0.15) is 0 Å². The van der Waals surface area contributed by atoms with Crippen molar-refractivity contribution in [3.05, 3.63) is 71.6 Å². The molecule has 2 aromatic rings. The second-order valence-corrected chi connectivity index (χ2v) is 6.43. The Morgan fingerprint density at radius 2 is 2.04 bits per heavy atom. The number of hydrogen-bond acceptors (Lipinski definition) is 3. The van der Waals surface area contributed by atoms with Gasteiger partial charge in [0, 0.05) is 32.3 Å². The van der Waals surface area contributed by atoms with Crippen molar-refractivity contribution in [1.82, 2.24) is 15.2 Å². The topological polar surface area (TPSA) is 62.3 Å². The van der Waals surface area contributed by atoms with E-state index in [-0.39, 0.29) is 17.9 Å². The number of pyridine rings is 1. The highest BCUT2D eigenvalue weighted by atomic mass is 16.2. The van der Waals surface area contributed by atoms with Gasteiger partial charge in [-0.25, -0.2) is 0 Å². The third-order valence-corrected chi connectivity index (χ3v) is 4.48. The molecular formula is C21H23N3O2. The summed E-state index contributed by atoms with van der Waals surface area (Å²) >= 11 is 0. The Morgan fingerprint density at radius 1 is 1.23 bits per heavy atom. The maximum atomic E-state index is 12.6. The monoisotopic (exact) mass is 349 g/mol. The van der Waals surface area contributed by atoms with E-state index in [1.807, 2.05) is 53.4 Å². The molecule has 1 atom stereocenters. The minimum absolute atomic E-state index is 0.0118. The first-order valence-electron chi connectivity index (χ1n) is 8.86. The number of hydrogen-bond donors (Lipinski definition) is 1. The number of nitrogens with zero attached hydrogens (tertiary/aromatic N) is 2. The van der Waals surface area contributed by atoms with Crippen molar-refractivity contribution in [2.24, 2.45) is 0 Å². The Kier molecular flexibility index (Phi) is 5.79. The van der Waals surface area contributed by atoms with Crippen molar-refractivity contribution in [1.29, 1.82) is 0 Å². The van der Waals surface area contributed by atoms with Crippen molar-refractivity contribution in [3.8, 4) is 0 Å². The molecule has 1 aromatic heterocycles. The lowest BCUT2D eigenvalue weighted by molar-refractivity contribution is -0.127. The molecule has 26 heavy (non-hydrogen) atoms. The van der Waals surface area contributed by atoms with Gasteiger partial charge < -0.3 is 10.2 Å². The van der Waals surface area contributed by atoms with Gasteiger partial charge in [0.2, 0.25) is 11.8 Å². The van der Waals surface area contributed by atoms with E-state index in [1.165, 1.54) is 6.92 Å². The zero-order valence-electron chi connectivity index (χ0n) is 14.9. The normalized spacial score (nSPS) is 16.8. The molecule has 5 heteroatoms. The standard InChI is InChI=1S/C21H23N3O2/c1-16(25)22-14-18-9-11-19(23-15-18)20-8-5-13-24(20)21(26)12-10-17-6-3-2-4-7-17/h2-4,6-7,9-12,15,20H,5,8,13-14H2,1H3,(H,22,25). The number of aromatic nitrogens is 1. The van der Waals surface area contributed by atoms with Crippen LogP contribution in [0, 0.1) is 0 Å². The fourth-order valence-electron chi connectivity index (χ4n) is 3.13. The average Bonchev–Trinajstić information content (AvgIpc) is 3.15. The molecule has 3 rings (SSSR count). The van der Waals surface area contributed by atoms with Crippen LogP contribution in [0.4, 0.5) is 0 Å². The smallest absolute Gasteiger partial charge is 0.247 e. The van der Waals surface area contributed by atoms with Crippen LogP contribution in [0.2, 0.25) is 0 Å². The fraction of sp³-hybridized carbons (Fsp3) is 0.286. The molecule has 2 amide bonds. The second-order valence-electron chi connectivity index (χ2n) is 6.43. The van der Waals surface area contributed by atoms with Gasteiger partial charge in [-0.3, -0.25) is 14.6 Å². The van der Waals surface area contributed by atoms with Crippen molar-refractivity contribution >= 4 is 17.9 Å². The molecule has 0 aliphatic carbocycles. The van der Waals surface area contributed by atoms with Crippen LogP contribution in [0.5, 0.6) is 0 Å². The Balaban J connectivity index is 1.66. The first-order valence-corrected chi connectivity index (χ1v) is 8.86. The number of carbonyl (C=O) groups excluding carboxylic acids is 2. The van der Waals surface area contributed by atoms with E-state index in [4.69, 9.17) is 0 Å². The van der Waals surface area contributed by atoms with Gasteiger partial charge >= 0.3 is 0 Å². The SMILES string of the molecule is CC(=O)NCc1ccc(C2CCCN2C(=O)C=Cc2ccccc2)nc1. The van der Waals surface area contributed by atoms with E-state index in [2.05, 4.69) is 10.3 Å². The van der Waals surface area contributed by atoms with Crippen LogP contribution in [-0.4, -0.2) is 28.2 Å². The average molecular weight is 349 g/mol. The number of carbonyl (C=O) groups is 2. The maximum absolute atomic E-state index is 12.6. The number of amides is 2. The van der Waals surface area contributed by atoms with Gasteiger partial charge in [-0.1, -0.05) is 36.4 Å². The molecule has 1 aliphatic rings. The first kappa shape index (κ1) is 17.9. The van der Waals surface area contributed by atoms with Crippen molar-refractivity contribution in [2.45, 2.75) is 32.4 Å². The Morgan fingerprint density at radius 3 is 2.73 bits per heavy atom. The summed E-state index contributed by atoms with van der Waals surface area (Å²) in [5.41, 5.74) is 2.86. The molecule has 0 radical (unpaired) electrons. The quantitative estimate of drug-likeness (QED) is 0.844. The third kappa shape index (κ3) is 4.57. The second kappa shape index (κ2) is 8.43. The lowest BCUT2D eigenvalue weighted by atomic mass is 10.1. The molecule has 0 spiro atoms. The molecule has 134 valence electrons. The van der Waals surface area contributed by atoms with E-state index in [0.29, 0.717) is 6.54 Å². The zero-order chi connectivity index (χ0) is 18.4. The van der Waals surface area contributed by atoms with Crippen LogP contribution >= 0.6 is 0 Å². The molecule has 2 heterocycles. The van der Waals surface area contributed by atoms with Crippen LogP contribution in [0.3, 0.4) is 0 Å². The predicted octanol–water partition coefficient (Wildman–Crippen LogP) is 3.09. The molecule has 1 unspecified atom stereocenters. The van der Waals surface area contributed by atoms with Gasteiger partial charge in [0.1, 0.15) is 0 Å². The van der Waals surface area contributed by atoms with Gasteiger partial charge in [0.25, 0.3) is 0 Å². The predicted molar refractivity (Wildman–Crippen MR) is 101 cm³/mol. The zero-order valence-corrected chi connectivity index (χ0v) is 14.9. The summed E-state index contributed by atoms with van der Waals surface area (Å²) in [6.45, 7) is 2.71. The summed E-state index contributed by atoms with van der Waals surface area (Å²) in [5.74, 6) is -0.0488. The first-order chi connectivity index (χ1) is 12.6. The summed E-state index contributed by atoms with van der Waals surface area (Å²) in [6, 6.07) is 13.7. The highest BCUT2D eigenvalue weighted by Gasteiger charge is 2.29. The summed E-state index contributed by atoms with van der Waals surface area (Å²) in [4.78, 5) is 30.0. The van der Waals surface area contributed by atoms with Crippen LogP contribution in [0.25, 0.3) is 6.08 Å². The van der Waals surface area contributed by atoms with Gasteiger partial charge in [0.05, 0.1) is 11.7 Å². The van der Waals surface area contributed by atoms with Crippen molar-refractivity contribution < 1.29 is 9.59 Å². The largest absolute Gasteiger partial charge is 0.352 e. The number of rotatable bonds is 5. The molecular weight excluding hydrogens is 326 g/mol. The highest BCUT2D eigenvalue weighted by molar-refractivity contribution is 5.92. The molecule has 1 aliphatic heterocycles. The van der Waals surface area contributed by atoms with Crippen molar-refractivity contribution in [3.63, 3.8) is 0 Å². The van der Waals surface area contributed by atoms with E-state index in [1.54, 1.807) is 12.3 Å². The van der Waals surface area contributed by atoms with E-state index < -0.39 is 0 Å². The van der Waals surface area contributed by atoms with Crippen LogP contribution < -0.4 is 5.32 Å². The van der Waals surface area contributed by atoms with E-state index >= 15 is 0 Å². The minimum Gasteiger partial charge on any atom is -0.352 e. The molecule has 1 saturated heterocycles. The number of nitrogens with one attached hydrogen (secondary N) is 1. The summed E-state index contributed by atoms with van der Waals surface area (Å²) in [7, 11) is 0. The number of benzene rings is 1. The van der Waals surface area contributed by atoms with Crippen molar-refractivity contribution in [2.75, 3.05) is 6.54 Å². The summed E-state index contributed by atoms with van der Waals surface area (Å²) in [6.07, 6.45) is 7.15. The third-order valence-electron chi connectivity index (χ3n) is 4.48. The van der Waals surface area contributed by atoms with Gasteiger partial charge in [-0.05, 0) is 36.1 Å². The molecule has 1 aromatic carbocycles. The lowest BCUT2D eigenvalue weighted by Crippen LogP contribution is -2.29. The lowest BCUT2D eigenvalue weighted by Gasteiger charge is -2.23. The molecule has 0 saturated carbocycles. The Bertz CT molecular complexity index is 785. The summed E-state index contributed by atoms with van der Waals surface area (Å²) < 4.78 is 0. The Labute approximate surface area is 153 Å². The van der Waals surface area contributed by atoms with Crippen LogP contribution in [0.15, 0.2) is 54.7 Å². The van der Waals surface area contributed by atoms with Crippen LogP contribution in [0.1, 0.15) is 42.6 Å². The maximum Gasteiger partial charge on any atom is 0.247 e. The molecule has 1 N–H and O–H groups in total.